The van der Waals surface area contributed by atoms with Gasteiger partial charge in [0, 0.05) is 17.9 Å². The lowest BCUT2D eigenvalue weighted by Gasteiger charge is -2.62. The van der Waals surface area contributed by atoms with Gasteiger partial charge in [-0.05, 0) is 80.5 Å². The molecule has 188 valence electrons. The first-order chi connectivity index (χ1) is 16.8. The van der Waals surface area contributed by atoms with Crippen LogP contribution in [-0.2, 0) is 9.53 Å². The van der Waals surface area contributed by atoms with Gasteiger partial charge in [-0.15, -0.1) is 5.10 Å². The molecular weight excluding hydrogens is 438 g/mol. The SMILES string of the molecule is CC(=O)O[C@H]1CC[C@H]2[C@@H]3CC[C@H]4C[C@H](O)C[C@H](n5cc(-c6ccccc6)nn5)[C@]4(C)[C@H]3CC[C@]12C. The van der Waals surface area contributed by atoms with Crippen molar-refractivity contribution in [3.05, 3.63) is 36.5 Å². The minimum Gasteiger partial charge on any atom is -0.462 e. The van der Waals surface area contributed by atoms with Crippen LogP contribution in [-0.4, -0.2) is 38.3 Å². The van der Waals surface area contributed by atoms with Gasteiger partial charge in [-0.1, -0.05) is 49.4 Å². The molecule has 6 nitrogen and oxygen atoms in total. The number of aromatic nitrogens is 3. The van der Waals surface area contributed by atoms with E-state index in [2.05, 4.69) is 47.2 Å². The number of carbonyl (C=O) groups is 1. The maximum Gasteiger partial charge on any atom is 0.302 e. The summed E-state index contributed by atoms with van der Waals surface area (Å²) in [6, 6.07) is 10.4. The molecular formula is C29H39N3O3. The third kappa shape index (κ3) is 3.58. The van der Waals surface area contributed by atoms with Gasteiger partial charge in [0.1, 0.15) is 11.8 Å². The van der Waals surface area contributed by atoms with Gasteiger partial charge in [0.05, 0.1) is 18.3 Å². The van der Waals surface area contributed by atoms with Gasteiger partial charge in [0.25, 0.3) is 0 Å². The summed E-state index contributed by atoms with van der Waals surface area (Å²) in [6.45, 7) is 6.43. The monoisotopic (exact) mass is 477 g/mol. The molecule has 0 aliphatic heterocycles. The normalized spacial score (nSPS) is 42.6. The molecule has 6 heteroatoms. The summed E-state index contributed by atoms with van der Waals surface area (Å²) in [5.41, 5.74) is 2.14. The molecule has 0 unspecified atom stereocenters. The number of rotatable bonds is 3. The molecule has 6 rings (SSSR count). The van der Waals surface area contributed by atoms with Crippen molar-refractivity contribution in [2.75, 3.05) is 0 Å². The Morgan fingerprint density at radius 2 is 1.86 bits per heavy atom. The van der Waals surface area contributed by atoms with E-state index in [1.165, 1.54) is 6.42 Å². The van der Waals surface area contributed by atoms with Gasteiger partial charge in [-0.3, -0.25) is 4.79 Å². The number of esters is 1. The van der Waals surface area contributed by atoms with Crippen LogP contribution in [0.2, 0.25) is 0 Å². The first-order valence-corrected chi connectivity index (χ1v) is 13.6. The molecule has 0 amide bonds. The van der Waals surface area contributed by atoms with Crippen LogP contribution in [0.5, 0.6) is 0 Å². The van der Waals surface area contributed by atoms with Crippen LogP contribution in [0.25, 0.3) is 11.3 Å². The summed E-state index contributed by atoms with van der Waals surface area (Å²) in [6.07, 6.45) is 10.3. The fourth-order valence-electron chi connectivity index (χ4n) is 9.21. The number of hydrogen-bond acceptors (Lipinski definition) is 5. The summed E-state index contributed by atoms with van der Waals surface area (Å²) < 4.78 is 7.94. The van der Waals surface area contributed by atoms with Gasteiger partial charge >= 0.3 is 5.97 Å². The molecule has 9 atom stereocenters. The average molecular weight is 478 g/mol. The Morgan fingerprint density at radius 1 is 1.06 bits per heavy atom. The van der Waals surface area contributed by atoms with Crippen molar-refractivity contribution >= 4 is 5.97 Å². The van der Waals surface area contributed by atoms with Gasteiger partial charge in [0.15, 0.2) is 0 Å². The van der Waals surface area contributed by atoms with E-state index in [0.29, 0.717) is 23.7 Å². The number of nitrogens with zero attached hydrogens (tertiary/aromatic N) is 3. The highest BCUT2D eigenvalue weighted by atomic mass is 16.5. The van der Waals surface area contributed by atoms with Crippen molar-refractivity contribution < 1.29 is 14.6 Å². The number of ether oxygens (including phenoxy) is 1. The number of benzene rings is 1. The van der Waals surface area contributed by atoms with Gasteiger partial charge in [-0.25, -0.2) is 4.68 Å². The molecule has 1 aromatic carbocycles. The maximum atomic E-state index is 11.8. The Balaban J connectivity index is 1.33. The zero-order valence-electron chi connectivity index (χ0n) is 21.3. The van der Waals surface area contributed by atoms with Crippen LogP contribution < -0.4 is 0 Å². The number of hydrogen-bond donors (Lipinski definition) is 1. The van der Waals surface area contributed by atoms with Crippen LogP contribution in [0.15, 0.2) is 36.5 Å². The quantitative estimate of drug-likeness (QED) is 0.597. The fraction of sp³-hybridized carbons (Fsp3) is 0.690. The molecule has 4 aliphatic rings. The standard InChI is InChI=1S/C29H39N3O3/c1-18(33)35-27-12-11-23-22-10-9-20-15-21(34)16-26(29(20,3)24(22)13-14-28(23,27)2)32-17-25(30-31-32)19-7-5-4-6-8-19/h4-8,17,20-24,26-27,34H,9-16H2,1-3H3/t20-,21-,22-,23-,24-,26-,27-,28-,29-/m0/s1. The lowest BCUT2D eigenvalue weighted by Crippen LogP contribution is -2.58. The molecule has 1 aromatic heterocycles. The van der Waals surface area contributed by atoms with E-state index in [1.54, 1.807) is 6.92 Å². The van der Waals surface area contributed by atoms with E-state index in [0.717, 1.165) is 56.2 Å². The van der Waals surface area contributed by atoms with Crippen molar-refractivity contribution in [2.45, 2.75) is 90.4 Å². The highest BCUT2D eigenvalue weighted by molar-refractivity contribution is 5.66. The Hall–Kier alpha value is -2.21. The summed E-state index contributed by atoms with van der Waals surface area (Å²) in [7, 11) is 0. The zero-order chi connectivity index (χ0) is 24.4. The van der Waals surface area contributed by atoms with Gasteiger partial charge < -0.3 is 9.84 Å². The predicted octanol–water partition coefficient (Wildman–Crippen LogP) is 5.43. The van der Waals surface area contributed by atoms with Crippen LogP contribution in [0, 0.1) is 34.5 Å². The Bertz CT molecular complexity index is 1090. The third-order valence-corrected chi connectivity index (χ3v) is 10.9. The van der Waals surface area contributed by atoms with E-state index >= 15 is 0 Å². The number of carbonyl (C=O) groups excluding carboxylic acids is 1. The van der Waals surface area contributed by atoms with Gasteiger partial charge in [0.2, 0.25) is 0 Å². The van der Waals surface area contributed by atoms with E-state index < -0.39 is 0 Å². The van der Waals surface area contributed by atoms with Crippen molar-refractivity contribution in [1.82, 2.24) is 15.0 Å². The Labute approximate surface area is 208 Å². The second-order valence-corrected chi connectivity index (χ2v) is 12.3. The summed E-state index contributed by atoms with van der Waals surface area (Å²) in [5.74, 6) is 2.20. The van der Waals surface area contributed by atoms with Crippen molar-refractivity contribution in [3.8, 4) is 11.3 Å². The molecule has 1 N–H and O–H groups in total. The Kier molecular flexibility index (Phi) is 5.59. The summed E-state index contributed by atoms with van der Waals surface area (Å²) in [4.78, 5) is 11.8. The second-order valence-electron chi connectivity index (χ2n) is 12.3. The minimum atomic E-state index is -0.285. The molecule has 4 saturated carbocycles. The molecule has 0 radical (unpaired) electrons. The molecule has 4 fully saturated rings. The predicted molar refractivity (Wildman–Crippen MR) is 133 cm³/mol. The first kappa shape index (κ1) is 23.2. The third-order valence-electron chi connectivity index (χ3n) is 10.9. The lowest BCUT2D eigenvalue weighted by molar-refractivity contribution is -0.171. The molecule has 35 heavy (non-hydrogen) atoms. The largest absolute Gasteiger partial charge is 0.462 e. The first-order valence-electron chi connectivity index (χ1n) is 13.6. The highest BCUT2D eigenvalue weighted by Crippen LogP contribution is 2.68. The number of fused-ring (bicyclic) bond motifs is 5. The van der Waals surface area contributed by atoms with E-state index in [9.17, 15) is 9.90 Å². The molecule has 0 bridgehead atoms. The molecule has 1 heterocycles. The topological polar surface area (TPSA) is 77.2 Å². The summed E-state index contributed by atoms with van der Waals surface area (Å²) >= 11 is 0. The van der Waals surface area contributed by atoms with Crippen LogP contribution in [0.1, 0.15) is 78.2 Å². The van der Waals surface area contributed by atoms with Crippen LogP contribution in [0.3, 0.4) is 0 Å². The van der Waals surface area contributed by atoms with Crippen molar-refractivity contribution in [2.24, 2.45) is 34.5 Å². The van der Waals surface area contributed by atoms with Crippen molar-refractivity contribution in [1.29, 1.82) is 0 Å². The lowest BCUT2D eigenvalue weighted by atomic mass is 9.44. The zero-order valence-corrected chi connectivity index (χ0v) is 21.3. The summed E-state index contributed by atoms with van der Waals surface area (Å²) in [5, 5.41) is 20.1. The van der Waals surface area contributed by atoms with E-state index in [4.69, 9.17) is 4.74 Å². The average Bonchev–Trinajstić information content (AvgIpc) is 3.45. The maximum absolute atomic E-state index is 11.8. The smallest absolute Gasteiger partial charge is 0.302 e. The molecule has 4 aliphatic carbocycles. The fourth-order valence-corrected chi connectivity index (χ4v) is 9.21. The van der Waals surface area contributed by atoms with Crippen molar-refractivity contribution in [3.63, 3.8) is 0 Å². The number of aliphatic hydroxyl groups is 1. The van der Waals surface area contributed by atoms with E-state index in [1.807, 2.05) is 18.2 Å². The molecule has 2 aromatic rings. The van der Waals surface area contributed by atoms with E-state index in [-0.39, 0.29) is 35.0 Å². The second kappa shape index (κ2) is 8.43. The molecule has 0 saturated heterocycles. The Morgan fingerprint density at radius 3 is 2.63 bits per heavy atom. The minimum absolute atomic E-state index is 0.0594. The van der Waals surface area contributed by atoms with Crippen LogP contribution in [0.4, 0.5) is 0 Å². The number of aliphatic hydroxyl groups excluding tert-OH is 1. The molecule has 0 spiro atoms. The highest BCUT2D eigenvalue weighted by Gasteiger charge is 2.63. The van der Waals surface area contributed by atoms with Gasteiger partial charge in [-0.2, -0.15) is 0 Å². The van der Waals surface area contributed by atoms with Crippen LogP contribution >= 0.6 is 0 Å².